The Morgan fingerprint density at radius 2 is 1.29 bits per heavy atom. The largest absolute Gasteiger partial charge is 0.350 e. The van der Waals surface area contributed by atoms with Gasteiger partial charge in [0.2, 0.25) is 5.91 Å². The predicted octanol–water partition coefficient (Wildman–Crippen LogP) is 5.44. The Morgan fingerprint density at radius 1 is 0.833 bits per heavy atom. The topological polar surface area (TPSA) is 41.1 Å². The number of carbonyl (C=O) groups is 1. The Hall–Kier alpha value is -0.570. The van der Waals surface area contributed by atoms with Crippen molar-refractivity contribution in [3.05, 3.63) is 0 Å². The van der Waals surface area contributed by atoms with E-state index in [-0.39, 0.29) is 17.5 Å². The van der Waals surface area contributed by atoms with E-state index < -0.39 is 0 Å². The van der Waals surface area contributed by atoms with Crippen LogP contribution in [0.5, 0.6) is 0 Å². The van der Waals surface area contributed by atoms with E-state index in [0.29, 0.717) is 5.92 Å². The number of carbonyl (C=O) groups excluding carboxylic acids is 1. The molecule has 0 aromatic rings. The van der Waals surface area contributed by atoms with E-state index in [1.54, 1.807) is 0 Å². The molecule has 0 rings (SSSR count). The monoisotopic (exact) mass is 340 g/mol. The van der Waals surface area contributed by atoms with Gasteiger partial charge in [-0.05, 0) is 39.7 Å². The molecular weight excluding hydrogens is 296 g/mol. The summed E-state index contributed by atoms with van der Waals surface area (Å²) >= 11 is 0. The summed E-state index contributed by atoms with van der Waals surface area (Å²) in [5.41, 5.74) is -0.164. The maximum Gasteiger partial charge on any atom is 0.237 e. The van der Waals surface area contributed by atoms with E-state index >= 15 is 0 Å². The molecule has 0 aliphatic rings. The molecule has 0 unspecified atom stereocenters. The molecule has 0 aliphatic carbocycles. The molecule has 1 atom stereocenters. The van der Waals surface area contributed by atoms with E-state index in [1.165, 1.54) is 64.2 Å². The number of unbranched alkanes of at least 4 members (excludes halogenated alkanes) is 9. The molecule has 0 saturated heterocycles. The quantitative estimate of drug-likeness (QED) is 0.414. The lowest BCUT2D eigenvalue weighted by atomic mass is 10.0. The Balaban J connectivity index is 3.70. The summed E-state index contributed by atoms with van der Waals surface area (Å²) < 4.78 is 0. The average molecular weight is 341 g/mol. The first kappa shape index (κ1) is 23.4. The van der Waals surface area contributed by atoms with E-state index in [9.17, 15) is 4.79 Å². The predicted molar refractivity (Wildman–Crippen MR) is 106 cm³/mol. The van der Waals surface area contributed by atoms with Crippen molar-refractivity contribution < 1.29 is 4.79 Å². The van der Waals surface area contributed by atoms with Crippen molar-refractivity contribution in [2.24, 2.45) is 5.92 Å². The number of amides is 1. The Labute approximate surface area is 151 Å². The molecule has 0 saturated carbocycles. The lowest BCUT2D eigenvalue weighted by molar-refractivity contribution is -0.125. The van der Waals surface area contributed by atoms with E-state index in [4.69, 9.17) is 0 Å². The minimum Gasteiger partial charge on any atom is -0.350 e. The number of hydrogen-bond acceptors (Lipinski definition) is 2. The SMILES string of the molecule is CCCCCCCCCCCCN[C@H](C(=O)NC(C)(C)C)C(C)C. The van der Waals surface area contributed by atoms with Crippen molar-refractivity contribution in [2.75, 3.05) is 6.54 Å². The zero-order chi connectivity index (χ0) is 18.4. The standard InChI is InChI=1S/C21H44N2O/c1-7-8-9-10-11-12-13-14-15-16-17-22-19(18(2)3)20(24)23-21(4,5)6/h18-19,22H,7-17H2,1-6H3,(H,23,24)/t19-/m0/s1. The van der Waals surface area contributed by atoms with Crippen LogP contribution < -0.4 is 10.6 Å². The number of nitrogens with one attached hydrogen (secondary N) is 2. The molecule has 3 nitrogen and oxygen atoms in total. The van der Waals surface area contributed by atoms with Gasteiger partial charge in [0.1, 0.15) is 0 Å². The van der Waals surface area contributed by atoms with Crippen LogP contribution in [0.3, 0.4) is 0 Å². The molecule has 144 valence electrons. The zero-order valence-electron chi connectivity index (χ0n) is 17.3. The Kier molecular flexibility index (Phi) is 13.4. The second-order valence-corrected chi connectivity index (χ2v) is 8.60. The fourth-order valence-corrected chi connectivity index (χ4v) is 2.95. The van der Waals surface area contributed by atoms with Gasteiger partial charge in [-0.3, -0.25) is 4.79 Å². The van der Waals surface area contributed by atoms with Crippen molar-refractivity contribution >= 4 is 5.91 Å². The van der Waals surface area contributed by atoms with Gasteiger partial charge in [-0.15, -0.1) is 0 Å². The van der Waals surface area contributed by atoms with Gasteiger partial charge in [0.05, 0.1) is 6.04 Å². The Bertz CT molecular complexity index is 307. The van der Waals surface area contributed by atoms with Crippen LogP contribution in [0.1, 0.15) is 106 Å². The van der Waals surface area contributed by atoms with E-state index in [2.05, 4.69) is 31.4 Å². The molecule has 0 spiro atoms. The summed E-state index contributed by atoms with van der Waals surface area (Å²) in [7, 11) is 0. The lowest BCUT2D eigenvalue weighted by Gasteiger charge is -2.27. The maximum absolute atomic E-state index is 12.3. The highest BCUT2D eigenvalue weighted by Crippen LogP contribution is 2.11. The highest BCUT2D eigenvalue weighted by Gasteiger charge is 2.24. The van der Waals surface area contributed by atoms with Crippen molar-refractivity contribution in [3.63, 3.8) is 0 Å². The van der Waals surface area contributed by atoms with Crippen molar-refractivity contribution in [2.45, 2.75) is 117 Å². The third kappa shape index (κ3) is 13.8. The van der Waals surface area contributed by atoms with Crippen LogP contribution in [0.15, 0.2) is 0 Å². The summed E-state index contributed by atoms with van der Waals surface area (Å²) in [6, 6.07) is -0.0807. The van der Waals surface area contributed by atoms with Crippen LogP contribution in [-0.2, 0) is 4.79 Å². The zero-order valence-corrected chi connectivity index (χ0v) is 17.3. The van der Waals surface area contributed by atoms with E-state index in [0.717, 1.165) is 6.54 Å². The summed E-state index contributed by atoms with van der Waals surface area (Å²) in [4.78, 5) is 12.3. The van der Waals surface area contributed by atoms with Crippen LogP contribution in [0.2, 0.25) is 0 Å². The first-order chi connectivity index (χ1) is 11.3. The van der Waals surface area contributed by atoms with Crippen molar-refractivity contribution in [1.29, 1.82) is 0 Å². The first-order valence-corrected chi connectivity index (χ1v) is 10.3. The molecule has 0 aliphatic heterocycles. The molecule has 0 aromatic carbocycles. The van der Waals surface area contributed by atoms with E-state index in [1.807, 2.05) is 20.8 Å². The second-order valence-electron chi connectivity index (χ2n) is 8.60. The third-order valence-corrected chi connectivity index (χ3v) is 4.34. The fraction of sp³-hybridized carbons (Fsp3) is 0.952. The first-order valence-electron chi connectivity index (χ1n) is 10.3. The van der Waals surface area contributed by atoms with Gasteiger partial charge >= 0.3 is 0 Å². The molecule has 0 heterocycles. The molecule has 0 radical (unpaired) electrons. The molecular formula is C21H44N2O. The third-order valence-electron chi connectivity index (χ3n) is 4.34. The second kappa shape index (κ2) is 13.7. The highest BCUT2D eigenvalue weighted by molar-refractivity contribution is 5.82. The number of hydrogen-bond donors (Lipinski definition) is 2. The molecule has 0 bridgehead atoms. The summed E-state index contributed by atoms with van der Waals surface area (Å²) in [6.07, 6.45) is 13.5. The van der Waals surface area contributed by atoms with Gasteiger partial charge < -0.3 is 10.6 Å². The average Bonchev–Trinajstić information content (AvgIpc) is 2.46. The highest BCUT2D eigenvalue weighted by atomic mass is 16.2. The lowest BCUT2D eigenvalue weighted by Crippen LogP contribution is -2.53. The van der Waals surface area contributed by atoms with Gasteiger partial charge in [0, 0.05) is 5.54 Å². The van der Waals surface area contributed by atoms with Crippen LogP contribution in [0, 0.1) is 5.92 Å². The van der Waals surface area contributed by atoms with Gasteiger partial charge in [-0.25, -0.2) is 0 Å². The van der Waals surface area contributed by atoms with Gasteiger partial charge in [-0.1, -0.05) is 78.6 Å². The smallest absolute Gasteiger partial charge is 0.237 e. The summed E-state index contributed by atoms with van der Waals surface area (Å²) in [6.45, 7) is 13.5. The molecule has 0 aromatic heterocycles. The minimum atomic E-state index is -0.164. The normalized spacial score (nSPS) is 13.3. The molecule has 1 amide bonds. The van der Waals surface area contributed by atoms with Crippen LogP contribution in [0.25, 0.3) is 0 Å². The molecule has 2 N–H and O–H groups in total. The Morgan fingerprint density at radius 3 is 1.71 bits per heavy atom. The maximum atomic E-state index is 12.3. The molecule has 24 heavy (non-hydrogen) atoms. The number of rotatable bonds is 14. The summed E-state index contributed by atoms with van der Waals surface area (Å²) in [5.74, 6) is 0.444. The van der Waals surface area contributed by atoms with Crippen LogP contribution in [0.4, 0.5) is 0 Å². The molecule has 0 fully saturated rings. The minimum absolute atomic E-state index is 0.0807. The van der Waals surface area contributed by atoms with Crippen LogP contribution >= 0.6 is 0 Å². The van der Waals surface area contributed by atoms with Crippen LogP contribution in [-0.4, -0.2) is 24.0 Å². The summed E-state index contributed by atoms with van der Waals surface area (Å²) in [5, 5.41) is 6.54. The van der Waals surface area contributed by atoms with Gasteiger partial charge in [0.15, 0.2) is 0 Å². The van der Waals surface area contributed by atoms with Gasteiger partial charge in [0.25, 0.3) is 0 Å². The fourth-order valence-electron chi connectivity index (χ4n) is 2.95. The van der Waals surface area contributed by atoms with Crippen molar-refractivity contribution in [1.82, 2.24) is 10.6 Å². The van der Waals surface area contributed by atoms with Crippen molar-refractivity contribution in [3.8, 4) is 0 Å². The molecule has 3 heteroatoms. The van der Waals surface area contributed by atoms with Gasteiger partial charge in [-0.2, -0.15) is 0 Å².